The maximum atomic E-state index is 4.56. The van der Waals surface area contributed by atoms with Crippen molar-refractivity contribution in [3.63, 3.8) is 0 Å². The summed E-state index contributed by atoms with van der Waals surface area (Å²) in [4.78, 5) is 0. The van der Waals surface area contributed by atoms with Crippen LogP contribution in [0.4, 0.5) is 0 Å². The van der Waals surface area contributed by atoms with Gasteiger partial charge in [0.2, 0.25) is 0 Å². The normalized spacial score (nSPS) is 22.6. The molecule has 1 aromatic carbocycles. The summed E-state index contributed by atoms with van der Waals surface area (Å²) >= 11 is 0. The van der Waals surface area contributed by atoms with Crippen molar-refractivity contribution in [2.24, 2.45) is 5.10 Å². The van der Waals surface area contributed by atoms with E-state index in [0.717, 1.165) is 6.42 Å². The molecule has 1 aliphatic carbocycles. The van der Waals surface area contributed by atoms with Crippen LogP contribution in [0.2, 0.25) is 0 Å². The van der Waals surface area contributed by atoms with E-state index in [1.165, 1.54) is 23.3 Å². The molecule has 2 heteroatoms. The standard InChI is InChI=1S/C13H18N2/c1-10-8-9-13(14-15(2)3)12-7-5-4-6-11(10)12/h4-7,10H,8-9H2,1-3H3/b14-13+. The Bertz CT molecular complexity index is 380. The van der Waals surface area contributed by atoms with Gasteiger partial charge < -0.3 is 5.01 Å². The highest BCUT2D eigenvalue weighted by Gasteiger charge is 2.20. The van der Waals surface area contributed by atoms with Crippen LogP contribution in [-0.4, -0.2) is 24.8 Å². The van der Waals surface area contributed by atoms with Gasteiger partial charge in [0.1, 0.15) is 0 Å². The van der Waals surface area contributed by atoms with Crippen molar-refractivity contribution in [2.45, 2.75) is 25.7 Å². The molecule has 2 rings (SSSR count). The van der Waals surface area contributed by atoms with Crippen molar-refractivity contribution in [2.75, 3.05) is 14.1 Å². The first kappa shape index (κ1) is 10.2. The number of fused-ring (bicyclic) bond motifs is 1. The summed E-state index contributed by atoms with van der Waals surface area (Å²) in [6, 6.07) is 8.63. The maximum absolute atomic E-state index is 4.56. The van der Waals surface area contributed by atoms with Gasteiger partial charge in [-0.05, 0) is 24.3 Å². The molecule has 80 valence electrons. The minimum Gasteiger partial charge on any atom is -0.303 e. The van der Waals surface area contributed by atoms with Crippen LogP contribution < -0.4 is 0 Å². The van der Waals surface area contributed by atoms with Crippen LogP contribution in [0, 0.1) is 0 Å². The highest BCUT2D eigenvalue weighted by molar-refractivity contribution is 6.02. The lowest BCUT2D eigenvalue weighted by molar-refractivity contribution is 0.435. The van der Waals surface area contributed by atoms with Crippen LogP contribution in [0.15, 0.2) is 29.4 Å². The van der Waals surface area contributed by atoms with Gasteiger partial charge in [-0.25, -0.2) is 0 Å². The minimum absolute atomic E-state index is 0.669. The molecule has 0 bridgehead atoms. The molecule has 15 heavy (non-hydrogen) atoms. The van der Waals surface area contributed by atoms with Gasteiger partial charge in [-0.2, -0.15) is 5.10 Å². The number of hydrogen-bond donors (Lipinski definition) is 0. The Balaban J connectivity index is 2.45. The molecule has 2 nitrogen and oxygen atoms in total. The monoisotopic (exact) mass is 202 g/mol. The van der Waals surface area contributed by atoms with Crippen LogP contribution >= 0.6 is 0 Å². The Hall–Kier alpha value is -1.31. The van der Waals surface area contributed by atoms with Crippen LogP contribution in [0.3, 0.4) is 0 Å². The molecule has 0 spiro atoms. The summed E-state index contributed by atoms with van der Waals surface area (Å²) in [5.74, 6) is 0.669. The SMILES string of the molecule is CC1CC/C(=N\N(C)C)c2ccccc21. The summed E-state index contributed by atoms with van der Waals surface area (Å²) < 4.78 is 0. The van der Waals surface area contributed by atoms with Crippen LogP contribution in [0.5, 0.6) is 0 Å². The summed E-state index contributed by atoms with van der Waals surface area (Å²) in [7, 11) is 3.96. The Morgan fingerprint density at radius 2 is 2.00 bits per heavy atom. The predicted molar refractivity (Wildman–Crippen MR) is 64.3 cm³/mol. The summed E-state index contributed by atoms with van der Waals surface area (Å²) in [5.41, 5.74) is 4.02. The lowest BCUT2D eigenvalue weighted by atomic mass is 9.83. The van der Waals surface area contributed by atoms with E-state index in [2.05, 4.69) is 36.3 Å². The van der Waals surface area contributed by atoms with Crippen molar-refractivity contribution < 1.29 is 0 Å². The molecule has 0 amide bonds. The van der Waals surface area contributed by atoms with E-state index in [-0.39, 0.29) is 0 Å². The van der Waals surface area contributed by atoms with Gasteiger partial charge in [0.25, 0.3) is 0 Å². The Morgan fingerprint density at radius 3 is 2.73 bits per heavy atom. The van der Waals surface area contributed by atoms with Gasteiger partial charge in [-0.1, -0.05) is 31.2 Å². The molecular weight excluding hydrogens is 184 g/mol. The molecule has 1 atom stereocenters. The second-order valence-corrected chi connectivity index (χ2v) is 4.42. The predicted octanol–water partition coefficient (Wildman–Crippen LogP) is 2.85. The Kier molecular flexibility index (Phi) is 2.76. The van der Waals surface area contributed by atoms with E-state index in [1.807, 2.05) is 19.1 Å². The van der Waals surface area contributed by atoms with Gasteiger partial charge in [-0.15, -0.1) is 0 Å². The summed E-state index contributed by atoms with van der Waals surface area (Å²) in [5, 5.41) is 6.45. The average Bonchev–Trinajstić information content (AvgIpc) is 2.22. The number of rotatable bonds is 1. The fourth-order valence-corrected chi connectivity index (χ4v) is 2.18. The number of hydrazone groups is 1. The third kappa shape index (κ3) is 2.04. The highest BCUT2D eigenvalue weighted by atomic mass is 15.4. The number of benzene rings is 1. The zero-order valence-corrected chi connectivity index (χ0v) is 9.70. The van der Waals surface area contributed by atoms with Gasteiger partial charge in [0, 0.05) is 19.7 Å². The van der Waals surface area contributed by atoms with Gasteiger partial charge in [0.05, 0.1) is 5.71 Å². The van der Waals surface area contributed by atoms with Crippen LogP contribution in [-0.2, 0) is 0 Å². The molecule has 0 fully saturated rings. The van der Waals surface area contributed by atoms with Gasteiger partial charge >= 0.3 is 0 Å². The lowest BCUT2D eigenvalue weighted by Crippen LogP contribution is -2.18. The Labute approximate surface area is 91.6 Å². The molecule has 1 aliphatic rings. The highest BCUT2D eigenvalue weighted by Crippen LogP contribution is 2.31. The average molecular weight is 202 g/mol. The second-order valence-electron chi connectivity index (χ2n) is 4.42. The summed E-state index contributed by atoms with van der Waals surface area (Å²) in [6.07, 6.45) is 2.31. The lowest BCUT2D eigenvalue weighted by Gasteiger charge is -2.24. The first-order chi connectivity index (χ1) is 7.18. The van der Waals surface area contributed by atoms with Crippen molar-refractivity contribution in [3.05, 3.63) is 35.4 Å². The number of hydrogen-bond acceptors (Lipinski definition) is 2. The first-order valence-corrected chi connectivity index (χ1v) is 5.52. The fourth-order valence-electron chi connectivity index (χ4n) is 2.18. The third-order valence-electron chi connectivity index (χ3n) is 2.94. The number of nitrogens with zero attached hydrogens (tertiary/aromatic N) is 2. The van der Waals surface area contributed by atoms with Crippen molar-refractivity contribution in [3.8, 4) is 0 Å². The summed E-state index contributed by atoms with van der Waals surface area (Å²) in [6.45, 7) is 2.30. The quantitative estimate of drug-likeness (QED) is 0.639. The third-order valence-corrected chi connectivity index (χ3v) is 2.94. The molecule has 0 radical (unpaired) electrons. The molecule has 0 saturated heterocycles. The smallest absolute Gasteiger partial charge is 0.0680 e. The van der Waals surface area contributed by atoms with E-state index in [9.17, 15) is 0 Å². The molecule has 0 saturated carbocycles. The van der Waals surface area contributed by atoms with Crippen LogP contribution in [0.1, 0.15) is 36.8 Å². The molecular formula is C13H18N2. The zero-order valence-electron chi connectivity index (χ0n) is 9.70. The minimum atomic E-state index is 0.669. The van der Waals surface area contributed by atoms with E-state index in [4.69, 9.17) is 0 Å². The molecule has 1 aromatic rings. The first-order valence-electron chi connectivity index (χ1n) is 5.52. The second kappa shape index (κ2) is 4.05. The van der Waals surface area contributed by atoms with E-state index >= 15 is 0 Å². The van der Waals surface area contributed by atoms with Crippen molar-refractivity contribution in [1.29, 1.82) is 0 Å². The van der Waals surface area contributed by atoms with E-state index < -0.39 is 0 Å². The largest absolute Gasteiger partial charge is 0.303 e. The molecule has 0 aromatic heterocycles. The van der Waals surface area contributed by atoms with Crippen LogP contribution in [0.25, 0.3) is 0 Å². The Morgan fingerprint density at radius 1 is 1.27 bits per heavy atom. The van der Waals surface area contributed by atoms with Crippen molar-refractivity contribution in [1.82, 2.24) is 5.01 Å². The molecule has 1 unspecified atom stereocenters. The van der Waals surface area contributed by atoms with Gasteiger partial charge in [-0.3, -0.25) is 0 Å². The van der Waals surface area contributed by atoms with E-state index in [0.29, 0.717) is 5.92 Å². The van der Waals surface area contributed by atoms with Crippen molar-refractivity contribution >= 4 is 5.71 Å². The molecule has 0 N–H and O–H groups in total. The van der Waals surface area contributed by atoms with E-state index in [1.54, 1.807) is 0 Å². The fraction of sp³-hybridized carbons (Fsp3) is 0.462. The zero-order chi connectivity index (χ0) is 10.8. The maximum Gasteiger partial charge on any atom is 0.0680 e. The molecule has 0 aliphatic heterocycles. The topological polar surface area (TPSA) is 15.6 Å². The van der Waals surface area contributed by atoms with Gasteiger partial charge in [0.15, 0.2) is 0 Å². The molecule has 0 heterocycles.